The Morgan fingerprint density at radius 2 is 1.96 bits per heavy atom. The first kappa shape index (κ1) is 15.9. The lowest BCUT2D eigenvalue weighted by Crippen LogP contribution is -2.00. The van der Waals surface area contributed by atoms with E-state index in [2.05, 4.69) is 21.7 Å². The van der Waals surface area contributed by atoms with Crippen molar-refractivity contribution in [3.63, 3.8) is 0 Å². The third-order valence-electron chi connectivity index (χ3n) is 3.49. The molecule has 0 fully saturated rings. The van der Waals surface area contributed by atoms with Crippen LogP contribution in [0.5, 0.6) is 0 Å². The van der Waals surface area contributed by atoms with E-state index < -0.39 is 0 Å². The van der Waals surface area contributed by atoms with Crippen molar-refractivity contribution in [2.75, 3.05) is 5.73 Å². The van der Waals surface area contributed by atoms with Gasteiger partial charge in [0.2, 0.25) is 0 Å². The number of hydrogen-bond donors (Lipinski definition) is 1. The fourth-order valence-electron chi connectivity index (χ4n) is 2.33. The smallest absolute Gasteiger partial charge is 0.191 e. The van der Waals surface area contributed by atoms with E-state index in [0.717, 1.165) is 45.1 Å². The van der Waals surface area contributed by atoms with Crippen molar-refractivity contribution in [2.24, 2.45) is 0 Å². The molecule has 0 saturated heterocycles. The lowest BCUT2D eigenvalue weighted by Gasteiger charge is -2.08. The zero-order valence-corrected chi connectivity index (χ0v) is 14.3. The van der Waals surface area contributed by atoms with Crippen LogP contribution in [-0.4, -0.2) is 14.8 Å². The normalized spacial score (nSPS) is 10.9. The standard InChI is InChI=1S/C17H17ClN4S/c1-2-22-16(12-7-5-8-14(19)10-12)20-21-17(22)23-11-13-6-3-4-9-15(13)18/h3-10H,2,11,19H2,1H3. The van der Waals surface area contributed by atoms with E-state index in [1.165, 1.54) is 0 Å². The Balaban J connectivity index is 1.85. The highest BCUT2D eigenvalue weighted by Crippen LogP contribution is 2.29. The van der Waals surface area contributed by atoms with Gasteiger partial charge in [0.1, 0.15) is 0 Å². The van der Waals surface area contributed by atoms with Gasteiger partial charge in [-0.05, 0) is 30.7 Å². The predicted molar refractivity (Wildman–Crippen MR) is 96.6 cm³/mol. The first-order chi connectivity index (χ1) is 11.2. The Morgan fingerprint density at radius 1 is 1.13 bits per heavy atom. The first-order valence-corrected chi connectivity index (χ1v) is 8.70. The van der Waals surface area contributed by atoms with Gasteiger partial charge in [-0.2, -0.15) is 0 Å². The summed E-state index contributed by atoms with van der Waals surface area (Å²) in [6, 6.07) is 15.6. The number of anilines is 1. The summed E-state index contributed by atoms with van der Waals surface area (Å²) in [5.74, 6) is 1.59. The van der Waals surface area contributed by atoms with Crippen molar-refractivity contribution < 1.29 is 0 Å². The van der Waals surface area contributed by atoms with Crippen molar-refractivity contribution in [1.82, 2.24) is 14.8 Å². The Bertz CT molecular complexity index is 816. The molecule has 3 aromatic rings. The number of nitrogens with zero attached hydrogens (tertiary/aromatic N) is 3. The van der Waals surface area contributed by atoms with E-state index in [4.69, 9.17) is 17.3 Å². The van der Waals surface area contributed by atoms with Crippen molar-refractivity contribution >= 4 is 29.1 Å². The summed E-state index contributed by atoms with van der Waals surface area (Å²) in [4.78, 5) is 0. The molecule has 0 bridgehead atoms. The van der Waals surface area contributed by atoms with Crippen LogP contribution in [0, 0.1) is 0 Å². The lowest BCUT2D eigenvalue weighted by molar-refractivity contribution is 0.687. The Kier molecular flexibility index (Phi) is 4.88. The maximum Gasteiger partial charge on any atom is 0.191 e. The number of thioether (sulfide) groups is 1. The van der Waals surface area contributed by atoms with E-state index in [0.29, 0.717) is 0 Å². The molecule has 0 radical (unpaired) electrons. The molecule has 23 heavy (non-hydrogen) atoms. The van der Waals surface area contributed by atoms with Crippen LogP contribution >= 0.6 is 23.4 Å². The molecule has 2 aromatic carbocycles. The summed E-state index contributed by atoms with van der Waals surface area (Å²) >= 11 is 7.84. The van der Waals surface area contributed by atoms with E-state index in [1.807, 2.05) is 48.5 Å². The van der Waals surface area contributed by atoms with E-state index in [-0.39, 0.29) is 0 Å². The zero-order chi connectivity index (χ0) is 16.2. The monoisotopic (exact) mass is 344 g/mol. The van der Waals surface area contributed by atoms with Crippen LogP contribution in [0.1, 0.15) is 12.5 Å². The number of nitrogen functional groups attached to an aromatic ring is 1. The average Bonchev–Trinajstić information content (AvgIpc) is 2.97. The fourth-order valence-corrected chi connectivity index (χ4v) is 3.62. The van der Waals surface area contributed by atoms with Gasteiger partial charge in [0.25, 0.3) is 0 Å². The van der Waals surface area contributed by atoms with Crippen molar-refractivity contribution in [1.29, 1.82) is 0 Å². The molecule has 0 spiro atoms. The van der Waals surface area contributed by atoms with Crippen LogP contribution in [0.3, 0.4) is 0 Å². The summed E-state index contributed by atoms with van der Waals surface area (Å²) in [5.41, 5.74) is 8.66. The predicted octanol–water partition coefficient (Wildman–Crippen LogP) is 4.49. The molecule has 0 atom stereocenters. The number of benzene rings is 2. The summed E-state index contributed by atoms with van der Waals surface area (Å²) in [6.07, 6.45) is 0. The quantitative estimate of drug-likeness (QED) is 0.547. The van der Waals surface area contributed by atoms with Crippen LogP contribution in [0.2, 0.25) is 5.02 Å². The molecular formula is C17H17ClN4S. The first-order valence-electron chi connectivity index (χ1n) is 7.34. The van der Waals surface area contributed by atoms with Crippen LogP contribution in [0.15, 0.2) is 53.7 Å². The highest BCUT2D eigenvalue weighted by atomic mass is 35.5. The van der Waals surface area contributed by atoms with Gasteiger partial charge in [-0.1, -0.05) is 53.7 Å². The van der Waals surface area contributed by atoms with Gasteiger partial charge in [0, 0.05) is 28.6 Å². The van der Waals surface area contributed by atoms with Crippen LogP contribution in [0.25, 0.3) is 11.4 Å². The fraction of sp³-hybridized carbons (Fsp3) is 0.176. The number of nitrogens with two attached hydrogens (primary N) is 1. The Morgan fingerprint density at radius 3 is 2.70 bits per heavy atom. The zero-order valence-electron chi connectivity index (χ0n) is 12.7. The van der Waals surface area contributed by atoms with Crippen molar-refractivity contribution in [3.05, 3.63) is 59.1 Å². The highest BCUT2D eigenvalue weighted by Gasteiger charge is 2.13. The van der Waals surface area contributed by atoms with Gasteiger partial charge in [0.05, 0.1) is 0 Å². The second-order valence-electron chi connectivity index (χ2n) is 5.06. The van der Waals surface area contributed by atoms with Crippen LogP contribution in [0.4, 0.5) is 5.69 Å². The second kappa shape index (κ2) is 7.06. The maximum atomic E-state index is 6.21. The third-order valence-corrected chi connectivity index (χ3v) is 4.88. The molecule has 2 N–H and O–H groups in total. The Labute approximate surface area is 144 Å². The van der Waals surface area contributed by atoms with E-state index in [1.54, 1.807) is 11.8 Å². The summed E-state index contributed by atoms with van der Waals surface area (Å²) in [6.45, 7) is 2.88. The molecule has 0 amide bonds. The minimum Gasteiger partial charge on any atom is -0.399 e. The van der Waals surface area contributed by atoms with Gasteiger partial charge in [-0.25, -0.2) is 0 Å². The summed E-state index contributed by atoms with van der Waals surface area (Å²) in [7, 11) is 0. The van der Waals surface area contributed by atoms with Crippen molar-refractivity contribution in [2.45, 2.75) is 24.4 Å². The molecule has 0 aliphatic carbocycles. The van der Waals surface area contributed by atoms with Gasteiger partial charge >= 0.3 is 0 Å². The van der Waals surface area contributed by atoms with Gasteiger partial charge in [0.15, 0.2) is 11.0 Å². The summed E-state index contributed by atoms with van der Waals surface area (Å²) in [5, 5.41) is 10.3. The molecule has 1 heterocycles. The minimum absolute atomic E-state index is 0.721. The van der Waals surface area contributed by atoms with Crippen LogP contribution < -0.4 is 5.73 Å². The van der Waals surface area contributed by atoms with Crippen molar-refractivity contribution in [3.8, 4) is 11.4 Å². The molecule has 3 rings (SSSR count). The second-order valence-corrected chi connectivity index (χ2v) is 6.41. The number of halogens is 1. The Hall–Kier alpha value is -1.98. The van der Waals surface area contributed by atoms with E-state index in [9.17, 15) is 0 Å². The molecule has 4 nitrogen and oxygen atoms in total. The summed E-state index contributed by atoms with van der Waals surface area (Å²) < 4.78 is 2.09. The largest absolute Gasteiger partial charge is 0.399 e. The average molecular weight is 345 g/mol. The molecular weight excluding hydrogens is 328 g/mol. The number of rotatable bonds is 5. The molecule has 0 unspecified atom stereocenters. The molecule has 0 aliphatic rings. The number of aromatic nitrogens is 3. The van der Waals surface area contributed by atoms with Crippen LogP contribution in [-0.2, 0) is 12.3 Å². The van der Waals surface area contributed by atoms with Gasteiger partial charge in [-0.3, -0.25) is 0 Å². The van der Waals surface area contributed by atoms with Gasteiger partial charge < -0.3 is 10.3 Å². The van der Waals surface area contributed by atoms with Gasteiger partial charge in [-0.15, -0.1) is 10.2 Å². The highest BCUT2D eigenvalue weighted by molar-refractivity contribution is 7.98. The molecule has 0 aliphatic heterocycles. The number of hydrogen-bond acceptors (Lipinski definition) is 4. The molecule has 6 heteroatoms. The maximum absolute atomic E-state index is 6.21. The minimum atomic E-state index is 0.721. The topological polar surface area (TPSA) is 56.7 Å². The lowest BCUT2D eigenvalue weighted by atomic mass is 10.2. The SMILES string of the molecule is CCn1c(SCc2ccccc2Cl)nnc1-c1cccc(N)c1. The molecule has 1 aromatic heterocycles. The molecule has 118 valence electrons. The molecule has 0 saturated carbocycles. The third kappa shape index (κ3) is 3.51. The van der Waals surface area contributed by atoms with E-state index >= 15 is 0 Å².